The second kappa shape index (κ2) is 6.38. The Kier molecular flexibility index (Phi) is 5.00. The fraction of sp³-hybridized carbons (Fsp3) is 0.250. The molecule has 0 fully saturated rings. The van der Waals surface area contributed by atoms with Gasteiger partial charge in [0.05, 0.1) is 12.5 Å². The zero-order valence-corrected chi connectivity index (χ0v) is 14.6. The van der Waals surface area contributed by atoms with Gasteiger partial charge < -0.3 is 4.74 Å². The fourth-order valence-electron chi connectivity index (χ4n) is 2.34. The Morgan fingerprint density at radius 3 is 2.25 bits per heavy atom. The molecule has 0 saturated carbocycles. The molecule has 0 amide bonds. The van der Waals surface area contributed by atoms with Crippen molar-refractivity contribution in [2.24, 2.45) is 0 Å². The summed E-state index contributed by atoms with van der Waals surface area (Å²) in [5.41, 5.74) is 4.14. The summed E-state index contributed by atoms with van der Waals surface area (Å²) < 4.78 is 6.34. The Morgan fingerprint density at radius 2 is 1.70 bits per heavy atom. The highest BCUT2D eigenvalue weighted by Gasteiger charge is 2.17. The van der Waals surface area contributed by atoms with Crippen LogP contribution >= 0.6 is 39.1 Å². The molecule has 2 aromatic rings. The van der Waals surface area contributed by atoms with Gasteiger partial charge in [0.25, 0.3) is 0 Å². The van der Waals surface area contributed by atoms with E-state index < -0.39 is 0 Å². The zero-order chi connectivity index (χ0) is 14.9. The second-order valence-electron chi connectivity index (χ2n) is 4.72. The quantitative estimate of drug-likeness (QED) is 0.594. The third kappa shape index (κ3) is 3.13. The summed E-state index contributed by atoms with van der Waals surface area (Å²) in [5.74, 6) is 0.905. The summed E-state index contributed by atoms with van der Waals surface area (Å²) in [6, 6.07) is 9.74. The summed E-state index contributed by atoms with van der Waals surface area (Å²) in [7, 11) is 1.68. The van der Waals surface area contributed by atoms with E-state index in [9.17, 15) is 0 Å². The van der Waals surface area contributed by atoms with Crippen molar-refractivity contribution in [2.75, 3.05) is 7.11 Å². The molecule has 0 aliphatic heterocycles. The van der Waals surface area contributed by atoms with E-state index in [4.69, 9.17) is 27.9 Å². The third-order valence-electron chi connectivity index (χ3n) is 3.21. The lowest BCUT2D eigenvalue weighted by molar-refractivity contribution is 0.408. The van der Waals surface area contributed by atoms with Gasteiger partial charge in [0, 0.05) is 9.50 Å². The Balaban J connectivity index is 2.48. The number of hydrogen-bond donors (Lipinski definition) is 0. The Bertz CT molecular complexity index is 617. The third-order valence-corrected chi connectivity index (χ3v) is 4.65. The molecular weight excluding hydrogens is 359 g/mol. The molecular formula is C16H15BrCl2O. The Hall–Kier alpha value is -0.700. The van der Waals surface area contributed by atoms with Crippen LogP contribution in [0.2, 0.25) is 5.02 Å². The lowest BCUT2D eigenvalue weighted by Crippen LogP contribution is -1.99. The summed E-state index contributed by atoms with van der Waals surface area (Å²) in [4.78, 5) is 0. The zero-order valence-electron chi connectivity index (χ0n) is 11.5. The van der Waals surface area contributed by atoms with Gasteiger partial charge in [0.1, 0.15) is 5.75 Å². The first kappa shape index (κ1) is 15.7. The molecule has 0 heterocycles. The van der Waals surface area contributed by atoms with Gasteiger partial charge in [-0.15, -0.1) is 11.6 Å². The van der Waals surface area contributed by atoms with Crippen molar-refractivity contribution in [1.82, 2.24) is 0 Å². The number of halogens is 3. The Morgan fingerprint density at radius 1 is 1.10 bits per heavy atom. The van der Waals surface area contributed by atoms with Gasteiger partial charge in [-0.05, 0) is 54.3 Å². The van der Waals surface area contributed by atoms with Gasteiger partial charge in [-0.3, -0.25) is 0 Å². The molecule has 1 nitrogen and oxygen atoms in total. The first-order valence-corrected chi connectivity index (χ1v) is 7.79. The molecule has 106 valence electrons. The van der Waals surface area contributed by atoms with Crippen molar-refractivity contribution in [1.29, 1.82) is 0 Å². The molecule has 0 saturated heterocycles. The number of aryl methyl sites for hydroxylation is 2. The van der Waals surface area contributed by atoms with Gasteiger partial charge >= 0.3 is 0 Å². The van der Waals surface area contributed by atoms with Crippen molar-refractivity contribution in [3.63, 3.8) is 0 Å². The van der Waals surface area contributed by atoms with Gasteiger partial charge in [-0.25, -0.2) is 0 Å². The number of ether oxygens (including phenoxy) is 1. The topological polar surface area (TPSA) is 9.23 Å². The Labute approximate surface area is 138 Å². The van der Waals surface area contributed by atoms with E-state index in [-0.39, 0.29) is 5.38 Å². The van der Waals surface area contributed by atoms with Crippen LogP contribution in [0.3, 0.4) is 0 Å². The molecule has 0 aliphatic rings. The van der Waals surface area contributed by atoms with Crippen molar-refractivity contribution < 1.29 is 4.74 Å². The van der Waals surface area contributed by atoms with Gasteiger partial charge in [0.2, 0.25) is 0 Å². The smallest absolute Gasteiger partial charge is 0.124 e. The van der Waals surface area contributed by atoms with Crippen LogP contribution < -0.4 is 4.74 Å². The van der Waals surface area contributed by atoms with Crippen LogP contribution in [0.25, 0.3) is 0 Å². The normalized spacial score (nSPS) is 12.3. The van der Waals surface area contributed by atoms with Crippen LogP contribution in [0.1, 0.15) is 27.6 Å². The second-order valence-corrected chi connectivity index (χ2v) is 6.44. The first-order chi connectivity index (χ1) is 9.43. The molecule has 4 heteroatoms. The van der Waals surface area contributed by atoms with Gasteiger partial charge in [-0.2, -0.15) is 0 Å². The van der Waals surface area contributed by atoms with Gasteiger partial charge in [0.15, 0.2) is 0 Å². The summed E-state index contributed by atoms with van der Waals surface area (Å²) in [6.07, 6.45) is 0. The number of methoxy groups -OCH3 is 1. The maximum Gasteiger partial charge on any atom is 0.124 e. The average molecular weight is 374 g/mol. The van der Waals surface area contributed by atoms with Crippen molar-refractivity contribution in [2.45, 2.75) is 19.2 Å². The molecule has 1 atom stereocenters. The maximum atomic E-state index is 6.62. The van der Waals surface area contributed by atoms with Crippen LogP contribution in [0.5, 0.6) is 5.75 Å². The van der Waals surface area contributed by atoms with E-state index in [0.29, 0.717) is 5.02 Å². The molecule has 1 unspecified atom stereocenters. The van der Waals surface area contributed by atoms with E-state index in [0.717, 1.165) is 32.5 Å². The van der Waals surface area contributed by atoms with Crippen LogP contribution in [-0.2, 0) is 0 Å². The first-order valence-electron chi connectivity index (χ1n) is 6.18. The molecule has 0 aromatic heterocycles. The number of rotatable bonds is 3. The van der Waals surface area contributed by atoms with E-state index in [1.54, 1.807) is 7.11 Å². The van der Waals surface area contributed by atoms with Crippen LogP contribution in [-0.4, -0.2) is 7.11 Å². The minimum absolute atomic E-state index is 0.258. The predicted octanol–water partition coefficient (Wildman–Crippen LogP) is 6.06. The molecule has 0 bridgehead atoms. The standard InChI is InChI=1S/C16H15BrCl2O/c1-9-6-11(7-10(2)16(9)20-3)15(19)13-8-12(18)4-5-14(13)17/h4-8,15H,1-3H3. The predicted molar refractivity (Wildman–Crippen MR) is 89.3 cm³/mol. The molecule has 2 aromatic carbocycles. The number of alkyl halides is 1. The van der Waals surface area contributed by atoms with E-state index in [2.05, 4.69) is 28.1 Å². The summed E-state index contributed by atoms with van der Waals surface area (Å²) in [6.45, 7) is 4.04. The summed E-state index contributed by atoms with van der Waals surface area (Å²) in [5, 5.41) is 0.419. The number of benzene rings is 2. The molecule has 0 N–H and O–H groups in total. The SMILES string of the molecule is COc1c(C)cc(C(Cl)c2cc(Cl)ccc2Br)cc1C. The highest BCUT2D eigenvalue weighted by molar-refractivity contribution is 9.10. The molecule has 0 aliphatic carbocycles. The summed E-state index contributed by atoms with van der Waals surface area (Å²) >= 11 is 16.2. The minimum Gasteiger partial charge on any atom is -0.496 e. The monoisotopic (exact) mass is 372 g/mol. The lowest BCUT2D eigenvalue weighted by Gasteiger charge is -2.16. The molecule has 0 radical (unpaired) electrons. The van der Waals surface area contributed by atoms with Crippen molar-refractivity contribution in [3.05, 3.63) is 62.1 Å². The highest BCUT2D eigenvalue weighted by atomic mass is 79.9. The molecule has 2 rings (SSSR count). The van der Waals surface area contributed by atoms with Crippen molar-refractivity contribution in [3.8, 4) is 5.75 Å². The largest absolute Gasteiger partial charge is 0.496 e. The lowest BCUT2D eigenvalue weighted by atomic mass is 9.99. The van der Waals surface area contributed by atoms with E-state index >= 15 is 0 Å². The van der Waals surface area contributed by atoms with E-state index in [1.807, 2.05) is 32.0 Å². The minimum atomic E-state index is -0.258. The fourth-order valence-corrected chi connectivity index (χ4v) is 3.43. The molecule has 0 spiro atoms. The van der Waals surface area contributed by atoms with Crippen LogP contribution in [0.4, 0.5) is 0 Å². The van der Waals surface area contributed by atoms with Crippen molar-refractivity contribution >= 4 is 39.1 Å². The maximum absolute atomic E-state index is 6.62. The number of hydrogen-bond acceptors (Lipinski definition) is 1. The van der Waals surface area contributed by atoms with Gasteiger partial charge in [-0.1, -0.05) is 39.7 Å². The average Bonchev–Trinajstić information content (AvgIpc) is 2.40. The highest BCUT2D eigenvalue weighted by Crippen LogP contribution is 2.37. The van der Waals surface area contributed by atoms with E-state index in [1.165, 1.54) is 0 Å². The van der Waals surface area contributed by atoms with Crippen LogP contribution in [0.15, 0.2) is 34.8 Å². The van der Waals surface area contributed by atoms with Crippen LogP contribution in [0, 0.1) is 13.8 Å². The molecule has 20 heavy (non-hydrogen) atoms.